The minimum atomic E-state index is -0.330. The minimum Gasteiger partial charge on any atom is -0.465 e. The zero-order valence-electron chi connectivity index (χ0n) is 10.0. The van der Waals surface area contributed by atoms with E-state index in [1.807, 2.05) is 42.5 Å². The average molecular weight is 239 g/mol. The molecule has 0 unspecified atom stereocenters. The number of carbonyl (C=O) groups is 1. The number of rotatable bonds is 3. The molecule has 0 N–H and O–H groups in total. The van der Waals surface area contributed by atoms with E-state index in [2.05, 4.69) is 9.72 Å². The van der Waals surface area contributed by atoms with Crippen molar-refractivity contribution in [3.05, 3.63) is 65.5 Å². The highest BCUT2D eigenvalue weighted by molar-refractivity contribution is 5.90. The third kappa shape index (κ3) is 3.04. The normalized spacial score (nSPS) is 10.5. The van der Waals surface area contributed by atoms with Crippen LogP contribution in [-0.4, -0.2) is 18.1 Å². The van der Waals surface area contributed by atoms with Gasteiger partial charge in [-0.3, -0.25) is 4.98 Å². The lowest BCUT2D eigenvalue weighted by atomic mass is 10.1. The summed E-state index contributed by atoms with van der Waals surface area (Å²) in [5.74, 6) is -0.330. The first kappa shape index (κ1) is 12.0. The third-order valence-corrected chi connectivity index (χ3v) is 2.44. The number of hydrogen-bond acceptors (Lipinski definition) is 3. The van der Waals surface area contributed by atoms with Crippen LogP contribution in [0.15, 0.2) is 48.7 Å². The van der Waals surface area contributed by atoms with E-state index < -0.39 is 0 Å². The molecule has 0 amide bonds. The highest BCUT2D eigenvalue weighted by Crippen LogP contribution is 2.10. The van der Waals surface area contributed by atoms with Crippen molar-refractivity contribution in [2.75, 3.05) is 7.11 Å². The van der Waals surface area contributed by atoms with Crippen LogP contribution in [0.3, 0.4) is 0 Å². The number of methoxy groups -OCH3 is 1. The second kappa shape index (κ2) is 5.77. The van der Waals surface area contributed by atoms with Gasteiger partial charge in [-0.1, -0.05) is 24.3 Å². The Labute approximate surface area is 106 Å². The van der Waals surface area contributed by atoms with Gasteiger partial charge >= 0.3 is 5.97 Å². The predicted molar refractivity (Wildman–Crippen MR) is 70.9 cm³/mol. The summed E-state index contributed by atoms with van der Waals surface area (Å²) in [4.78, 5) is 15.6. The predicted octanol–water partition coefficient (Wildman–Crippen LogP) is 3.04. The summed E-state index contributed by atoms with van der Waals surface area (Å²) in [5.41, 5.74) is 2.35. The molecule has 0 bridgehead atoms. The zero-order valence-corrected chi connectivity index (χ0v) is 10.0. The maximum absolute atomic E-state index is 11.4. The van der Waals surface area contributed by atoms with Crippen LogP contribution in [0.2, 0.25) is 0 Å². The van der Waals surface area contributed by atoms with Crippen LogP contribution in [0.5, 0.6) is 0 Å². The third-order valence-electron chi connectivity index (χ3n) is 2.44. The number of esters is 1. The first-order chi connectivity index (χ1) is 8.79. The van der Waals surface area contributed by atoms with Crippen molar-refractivity contribution >= 4 is 18.1 Å². The summed E-state index contributed by atoms with van der Waals surface area (Å²) in [7, 11) is 1.37. The van der Waals surface area contributed by atoms with E-state index in [-0.39, 0.29) is 5.97 Å². The Hall–Kier alpha value is -2.42. The fourth-order valence-electron chi connectivity index (χ4n) is 1.54. The van der Waals surface area contributed by atoms with Crippen molar-refractivity contribution in [1.82, 2.24) is 4.98 Å². The van der Waals surface area contributed by atoms with E-state index in [1.165, 1.54) is 7.11 Å². The van der Waals surface area contributed by atoms with Gasteiger partial charge in [-0.15, -0.1) is 0 Å². The number of hydrogen-bond donors (Lipinski definition) is 0. The Balaban J connectivity index is 2.20. The molecule has 0 aliphatic heterocycles. The van der Waals surface area contributed by atoms with Gasteiger partial charge in [0.2, 0.25) is 0 Å². The van der Waals surface area contributed by atoms with Crippen LogP contribution < -0.4 is 0 Å². The monoisotopic (exact) mass is 239 g/mol. The van der Waals surface area contributed by atoms with Crippen molar-refractivity contribution in [2.24, 2.45) is 0 Å². The molecule has 0 saturated heterocycles. The van der Waals surface area contributed by atoms with Gasteiger partial charge < -0.3 is 4.74 Å². The van der Waals surface area contributed by atoms with Crippen molar-refractivity contribution < 1.29 is 9.53 Å². The lowest BCUT2D eigenvalue weighted by molar-refractivity contribution is 0.0600. The molecule has 0 saturated carbocycles. The summed E-state index contributed by atoms with van der Waals surface area (Å²) in [6.45, 7) is 0. The van der Waals surface area contributed by atoms with Gasteiger partial charge in [0.25, 0.3) is 0 Å². The average Bonchev–Trinajstić information content (AvgIpc) is 2.45. The zero-order chi connectivity index (χ0) is 12.8. The lowest BCUT2D eigenvalue weighted by Crippen LogP contribution is -2.00. The second-order valence-electron chi connectivity index (χ2n) is 3.70. The number of aromatic nitrogens is 1. The molecule has 1 aromatic heterocycles. The SMILES string of the molecule is COC(=O)c1cccc(C=Cc2ccccn2)c1. The highest BCUT2D eigenvalue weighted by Gasteiger charge is 2.03. The van der Waals surface area contributed by atoms with E-state index in [9.17, 15) is 4.79 Å². The number of benzene rings is 1. The molecule has 0 spiro atoms. The largest absolute Gasteiger partial charge is 0.465 e. The molecule has 1 heterocycles. The fraction of sp³-hybridized carbons (Fsp3) is 0.0667. The number of ether oxygens (including phenoxy) is 1. The Morgan fingerprint density at radius 3 is 2.78 bits per heavy atom. The van der Waals surface area contributed by atoms with Gasteiger partial charge in [-0.05, 0) is 35.9 Å². The molecule has 18 heavy (non-hydrogen) atoms. The van der Waals surface area contributed by atoms with Crippen LogP contribution in [-0.2, 0) is 4.74 Å². The molecule has 2 aromatic rings. The van der Waals surface area contributed by atoms with Gasteiger partial charge in [-0.25, -0.2) is 4.79 Å². The van der Waals surface area contributed by atoms with E-state index in [4.69, 9.17) is 0 Å². The molecular weight excluding hydrogens is 226 g/mol. The van der Waals surface area contributed by atoms with E-state index >= 15 is 0 Å². The molecule has 3 nitrogen and oxygen atoms in total. The first-order valence-corrected chi connectivity index (χ1v) is 5.57. The number of carbonyl (C=O) groups excluding carboxylic acids is 1. The Bertz CT molecular complexity index is 562. The van der Waals surface area contributed by atoms with Gasteiger partial charge in [0.15, 0.2) is 0 Å². The molecule has 1 aromatic carbocycles. The van der Waals surface area contributed by atoms with Crippen LogP contribution in [0, 0.1) is 0 Å². The Morgan fingerprint density at radius 2 is 2.06 bits per heavy atom. The van der Waals surface area contributed by atoms with Gasteiger partial charge in [0.1, 0.15) is 0 Å². The van der Waals surface area contributed by atoms with Crippen LogP contribution in [0.4, 0.5) is 0 Å². The molecular formula is C15H13NO2. The fourth-order valence-corrected chi connectivity index (χ4v) is 1.54. The molecule has 2 rings (SSSR count). The maximum atomic E-state index is 11.4. The van der Waals surface area contributed by atoms with Gasteiger partial charge in [0.05, 0.1) is 18.4 Å². The van der Waals surface area contributed by atoms with Crippen LogP contribution in [0.1, 0.15) is 21.6 Å². The van der Waals surface area contributed by atoms with Crippen molar-refractivity contribution in [3.8, 4) is 0 Å². The number of pyridine rings is 1. The van der Waals surface area contributed by atoms with E-state index in [0.29, 0.717) is 5.56 Å². The molecule has 3 heteroatoms. The minimum absolute atomic E-state index is 0.330. The second-order valence-corrected chi connectivity index (χ2v) is 3.70. The molecule has 90 valence electrons. The summed E-state index contributed by atoms with van der Waals surface area (Å²) in [5, 5.41) is 0. The van der Waals surface area contributed by atoms with Crippen LogP contribution >= 0.6 is 0 Å². The van der Waals surface area contributed by atoms with Crippen molar-refractivity contribution in [1.29, 1.82) is 0 Å². The Kier molecular flexibility index (Phi) is 3.86. The van der Waals surface area contributed by atoms with Crippen LogP contribution in [0.25, 0.3) is 12.2 Å². The maximum Gasteiger partial charge on any atom is 0.337 e. The molecule has 0 radical (unpaired) electrons. The summed E-state index contributed by atoms with van der Waals surface area (Å²) < 4.78 is 4.68. The molecule has 0 aliphatic carbocycles. The standard InChI is InChI=1S/C15H13NO2/c1-18-15(17)13-6-4-5-12(11-13)8-9-14-7-2-3-10-16-14/h2-11H,1H3. The molecule has 0 atom stereocenters. The summed E-state index contributed by atoms with van der Waals surface area (Å²) in [6.07, 6.45) is 5.55. The van der Waals surface area contributed by atoms with Crippen molar-refractivity contribution in [2.45, 2.75) is 0 Å². The lowest BCUT2D eigenvalue weighted by Gasteiger charge is -2.00. The highest BCUT2D eigenvalue weighted by atomic mass is 16.5. The first-order valence-electron chi connectivity index (χ1n) is 5.57. The summed E-state index contributed by atoms with van der Waals surface area (Å²) >= 11 is 0. The molecule has 0 aliphatic rings. The summed E-state index contributed by atoms with van der Waals surface area (Å²) in [6, 6.07) is 13.0. The quantitative estimate of drug-likeness (QED) is 0.773. The van der Waals surface area contributed by atoms with E-state index in [1.54, 1.807) is 18.3 Å². The van der Waals surface area contributed by atoms with Gasteiger partial charge in [-0.2, -0.15) is 0 Å². The molecule has 0 fully saturated rings. The van der Waals surface area contributed by atoms with E-state index in [0.717, 1.165) is 11.3 Å². The Morgan fingerprint density at radius 1 is 1.17 bits per heavy atom. The number of nitrogens with zero attached hydrogens (tertiary/aromatic N) is 1. The smallest absolute Gasteiger partial charge is 0.337 e. The topological polar surface area (TPSA) is 39.2 Å². The van der Waals surface area contributed by atoms with Crippen molar-refractivity contribution in [3.63, 3.8) is 0 Å². The van der Waals surface area contributed by atoms with Gasteiger partial charge in [0, 0.05) is 6.20 Å².